The van der Waals surface area contributed by atoms with E-state index in [-0.39, 0.29) is 11.7 Å². The van der Waals surface area contributed by atoms with Gasteiger partial charge in [0.25, 0.3) is 0 Å². The molecule has 0 aliphatic carbocycles. The molecule has 1 rings (SSSR count). The molecule has 0 aromatic rings. The molecule has 5 heteroatoms. The summed E-state index contributed by atoms with van der Waals surface area (Å²) in [5.41, 5.74) is 0. The van der Waals surface area contributed by atoms with Gasteiger partial charge in [-0.25, -0.2) is 0 Å². The summed E-state index contributed by atoms with van der Waals surface area (Å²) >= 11 is 0. The van der Waals surface area contributed by atoms with Gasteiger partial charge in [0, 0.05) is 40.2 Å². The van der Waals surface area contributed by atoms with Gasteiger partial charge in [0.05, 0.1) is 0 Å². The zero-order valence-corrected chi connectivity index (χ0v) is 15.8. The van der Waals surface area contributed by atoms with Gasteiger partial charge in [-0.15, -0.1) is 0 Å². The fourth-order valence-corrected chi connectivity index (χ4v) is 1.73. The molecule has 1 amide bonds. The van der Waals surface area contributed by atoms with Crippen molar-refractivity contribution in [3.63, 3.8) is 0 Å². The Kier molecular flexibility index (Phi) is 26.4. The lowest BCUT2D eigenvalue weighted by Gasteiger charge is -2.13. The number of nitrogens with zero attached hydrogens (tertiary/aromatic N) is 1. The number of ether oxygens (including phenoxy) is 1. The maximum Gasteiger partial charge on any atom is 0.221 e. The van der Waals surface area contributed by atoms with E-state index in [9.17, 15) is 9.59 Å². The number of nitrogens with one attached hydrogen (secondary N) is 1. The topological polar surface area (TPSA) is 58.6 Å². The van der Waals surface area contributed by atoms with E-state index in [0.717, 1.165) is 19.6 Å². The molecular formula is C17H38N2O3. The Balaban J connectivity index is -0.000000446. The van der Waals surface area contributed by atoms with Crippen molar-refractivity contribution in [2.24, 2.45) is 0 Å². The standard InChI is InChI=1S/C11H20N2O2.C2H6O.2C2H6/c1-10(14)4-6-12-11(15)5-9-13-7-2-3-8-13;1-3-2;2*1-2/h2-9H2,1H3,(H,12,15);1-2H3;2*1-2H3. The van der Waals surface area contributed by atoms with E-state index in [0.29, 0.717) is 19.4 Å². The highest BCUT2D eigenvalue weighted by Gasteiger charge is 2.12. The number of hydrogen-bond donors (Lipinski definition) is 1. The molecular weight excluding hydrogens is 280 g/mol. The second kappa shape index (κ2) is 22.3. The summed E-state index contributed by atoms with van der Waals surface area (Å²) < 4.78 is 4.25. The van der Waals surface area contributed by atoms with E-state index in [2.05, 4.69) is 15.0 Å². The zero-order chi connectivity index (χ0) is 17.8. The van der Waals surface area contributed by atoms with Crippen LogP contribution in [0.15, 0.2) is 0 Å². The normalized spacial score (nSPS) is 12.7. The highest BCUT2D eigenvalue weighted by molar-refractivity contribution is 5.78. The van der Waals surface area contributed by atoms with E-state index >= 15 is 0 Å². The van der Waals surface area contributed by atoms with Crippen LogP contribution in [0.5, 0.6) is 0 Å². The minimum absolute atomic E-state index is 0.0585. The van der Waals surface area contributed by atoms with Crippen LogP contribution in [0, 0.1) is 0 Å². The van der Waals surface area contributed by atoms with Crippen LogP contribution in [0.2, 0.25) is 0 Å². The lowest BCUT2D eigenvalue weighted by atomic mass is 10.3. The van der Waals surface area contributed by atoms with Crippen molar-refractivity contribution in [2.45, 2.75) is 60.3 Å². The molecule has 0 spiro atoms. The quantitative estimate of drug-likeness (QED) is 0.818. The van der Waals surface area contributed by atoms with Crippen LogP contribution >= 0.6 is 0 Å². The fraction of sp³-hybridized carbons (Fsp3) is 0.882. The molecule has 0 atom stereocenters. The Hall–Kier alpha value is -0.940. The van der Waals surface area contributed by atoms with Gasteiger partial charge in [-0.05, 0) is 32.9 Å². The predicted molar refractivity (Wildman–Crippen MR) is 94.2 cm³/mol. The summed E-state index contributed by atoms with van der Waals surface area (Å²) in [6, 6.07) is 0. The summed E-state index contributed by atoms with van der Waals surface area (Å²) in [5, 5.41) is 2.75. The van der Waals surface area contributed by atoms with E-state index in [1.165, 1.54) is 19.8 Å². The smallest absolute Gasteiger partial charge is 0.221 e. The van der Waals surface area contributed by atoms with Crippen LogP contribution in [0.3, 0.4) is 0 Å². The third-order valence-corrected chi connectivity index (χ3v) is 2.65. The maximum absolute atomic E-state index is 11.3. The molecule has 1 aliphatic heterocycles. The number of carbonyl (C=O) groups is 2. The number of rotatable bonds is 6. The van der Waals surface area contributed by atoms with Gasteiger partial charge < -0.3 is 15.0 Å². The number of hydrogen-bond acceptors (Lipinski definition) is 4. The van der Waals surface area contributed by atoms with Crippen molar-refractivity contribution in [3.8, 4) is 0 Å². The van der Waals surface area contributed by atoms with Crippen LogP contribution in [-0.2, 0) is 14.3 Å². The van der Waals surface area contributed by atoms with E-state index in [4.69, 9.17) is 0 Å². The number of carbonyl (C=O) groups excluding carboxylic acids is 2. The van der Waals surface area contributed by atoms with Crippen molar-refractivity contribution in [1.29, 1.82) is 0 Å². The molecule has 1 saturated heterocycles. The second-order valence-electron chi connectivity index (χ2n) is 4.51. The van der Waals surface area contributed by atoms with Crippen molar-refractivity contribution in [2.75, 3.05) is 40.4 Å². The van der Waals surface area contributed by atoms with Gasteiger partial charge in [-0.3, -0.25) is 9.59 Å². The Morgan fingerprint density at radius 2 is 1.45 bits per heavy atom. The number of methoxy groups -OCH3 is 1. The molecule has 5 nitrogen and oxygen atoms in total. The van der Waals surface area contributed by atoms with Gasteiger partial charge in [0.2, 0.25) is 5.91 Å². The van der Waals surface area contributed by atoms with E-state index in [1.54, 1.807) is 14.2 Å². The average molecular weight is 319 g/mol. The lowest BCUT2D eigenvalue weighted by molar-refractivity contribution is -0.121. The first-order valence-electron chi connectivity index (χ1n) is 8.48. The van der Waals surface area contributed by atoms with Gasteiger partial charge in [-0.1, -0.05) is 27.7 Å². The number of amides is 1. The highest BCUT2D eigenvalue weighted by Crippen LogP contribution is 2.06. The molecule has 1 N–H and O–H groups in total. The molecule has 1 fully saturated rings. The van der Waals surface area contributed by atoms with Crippen LogP contribution in [0.1, 0.15) is 60.3 Å². The average Bonchev–Trinajstić information content (AvgIpc) is 3.03. The van der Waals surface area contributed by atoms with Gasteiger partial charge in [0.15, 0.2) is 0 Å². The molecule has 0 radical (unpaired) electrons. The molecule has 134 valence electrons. The molecule has 0 aromatic carbocycles. The number of ketones is 1. The van der Waals surface area contributed by atoms with Crippen molar-refractivity contribution in [1.82, 2.24) is 10.2 Å². The summed E-state index contributed by atoms with van der Waals surface area (Å²) in [4.78, 5) is 24.3. The zero-order valence-electron chi connectivity index (χ0n) is 15.8. The molecule has 1 heterocycles. The molecule has 0 saturated carbocycles. The van der Waals surface area contributed by atoms with Crippen molar-refractivity contribution in [3.05, 3.63) is 0 Å². The third-order valence-electron chi connectivity index (χ3n) is 2.65. The largest absolute Gasteiger partial charge is 0.388 e. The van der Waals surface area contributed by atoms with Gasteiger partial charge >= 0.3 is 0 Å². The fourth-order valence-electron chi connectivity index (χ4n) is 1.73. The Labute approximate surface area is 137 Å². The summed E-state index contributed by atoms with van der Waals surface area (Å²) in [7, 11) is 3.25. The number of Topliss-reactive ketones (excluding diaryl/α,β-unsaturated/α-hetero) is 1. The summed E-state index contributed by atoms with van der Waals surface area (Å²) in [6.07, 6.45) is 3.51. The monoisotopic (exact) mass is 318 g/mol. The first-order valence-corrected chi connectivity index (χ1v) is 8.48. The summed E-state index contributed by atoms with van der Waals surface area (Å²) in [6.45, 7) is 13.1. The first-order chi connectivity index (χ1) is 10.6. The molecule has 22 heavy (non-hydrogen) atoms. The van der Waals surface area contributed by atoms with Gasteiger partial charge in [0.1, 0.15) is 5.78 Å². The van der Waals surface area contributed by atoms with E-state index < -0.39 is 0 Å². The minimum Gasteiger partial charge on any atom is -0.388 e. The predicted octanol–water partition coefficient (Wildman–Crippen LogP) is 2.88. The molecule has 1 aliphatic rings. The van der Waals surface area contributed by atoms with Crippen LogP contribution in [-0.4, -0.2) is 57.0 Å². The minimum atomic E-state index is 0.0585. The molecule has 0 unspecified atom stereocenters. The highest BCUT2D eigenvalue weighted by atomic mass is 16.4. The summed E-state index contributed by atoms with van der Waals surface area (Å²) in [5.74, 6) is 0.179. The molecule has 0 aromatic heterocycles. The van der Waals surface area contributed by atoms with E-state index in [1.807, 2.05) is 27.7 Å². The Bertz CT molecular complexity index is 240. The van der Waals surface area contributed by atoms with Crippen molar-refractivity contribution < 1.29 is 14.3 Å². The van der Waals surface area contributed by atoms with Crippen molar-refractivity contribution >= 4 is 11.7 Å². The number of likely N-dealkylation sites (tertiary alicyclic amines) is 1. The van der Waals surface area contributed by atoms with Crippen LogP contribution in [0.4, 0.5) is 0 Å². The lowest BCUT2D eigenvalue weighted by Crippen LogP contribution is -2.30. The Morgan fingerprint density at radius 1 is 1.00 bits per heavy atom. The first kappa shape index (κ1) is 26.0. The Morgan fingerprint density at radius 3 is 1.86 bits per heavy atom. The third kappa shape index (κ3) is 21.4. The van der Waals surface area contributed by atoms with Crippen LogP contribution < -0.4 is 5.32 Å². The van der Waals surface area contributed by atoms with Gasteiger partial charge in [-0.2, -0.15) is 0 Å². The SMILES string of the molecule is CC.CC.CC(=O)CCNC(=O)CCN1CCCC1.COC. The molecule has 0 bridgehead atoms. The van der Waals surface area contributed by atoms with Crippen LogP contribution in [0.25, 0.3) is 0 Å². The second-order valence-corrected chi connectivity index (χ2v) is 4.51. The maximum atomic E-state index is 11.3.